The summed E-state index contributed by atoms with van der Waals surface area (Å²) in [7, 11) is 1.60. The maximum Gasteiger partial charge on any atom is 0.146 e. The number of aromatic nitrogens is 2. The molecule has 0 N–H and O–H groups in total. The highest BCUT2D eigenvalue weighted by molar-refractivity contribution is 6.17. The van der Waals surface area contributed by atoms with Crippen LogP contribution in [0.2, 0.25) is 0 Å². The summed E-state index contributed by atoms with van der Waals surface area (Å²) < 4.78 is 20.3. The van der Waals surface area contributed by atoms with Crippen molar-refractivity contribution < 1.29 is 9.13 Å². The van der Waals surface area contributed by atoms with Crippen molar-refractivity contribution in [1.82, 2.24) is 9.55 Å². The van der Waals surface area contributed by atoms with Crippen LogP contribution in [0.3, 0.4) is 0 Å². The second-order valence-corrected chi connectivity index (χ2v) is 4.57. The predicted molar refractivity (Wildman–Crippen MR) is 77.1 cm³/mol. The van der Waals surface area contributed by atoms with Crippen LogP contribution in [0.25, 0.3) is 16.7 Å². The molecule has 20 heavy (non-hydrogen) atoms. The van der Waals surface area contributed by atoms with E-state index in [-0.39, 0.29) is 11.7 Å². The Balaban J connectivity index is 2.30. The van der Waals surface area contributed by atoms with Gasteiger partial charge >= 0.3 is 0 Å². The summed E-state index contributed by atoms with van der Waals surface area (Å²) in [6.07, 6.45) is 0. The summed E-state index contributed by atoms with van der Waals surface area (Å²) >= 11 is 5.98. The second kappa shape index (κ2) is 5.13. The van der Waals surface area contributed by atoms with Gasteiger partial charge in [0.05, 0.1) is 18.5 Å². The van der Waals surface area contributed by atoms with Crippen LogP contribution in [0.5, 0.6) is 5.75 Å². The number of methoxy groups -OCH3 is 1. The molecule has 0 bridgehead atoms. The fourth-order valence-electron chi connectivity index (χ4n) is 2.25. The highest BCUT2D eigenvalue weighted by atomic mass is 35.5. The van der Waals surface area contributed by atoms with Gasteiger partial charge in [-0.25, -0.2) is 9.37 Å². The standard InChI is InChI=1S/C15H12ClFN2O/c1-20-13-4-2-3-12-15(13)18-14(9-16)19(12)11-7-5-10(17)6-8-11/h2-8H,9H2,1H3. The summed E-state index contributed by atoms with van der Waals surface area (Å²) in [6.45, 7) is 0. The second-order valence-electron chi connectivity index (χ2n) is 4.30. The van der Waals surface area contributed by atoms with Crippen molar-refractivity contribution in [2.45, 2.75) is 5.88 Å². The number of imidazole rings is 1. The van der Waals surface area contributed by atoms with Crippen LogP contribution in [-0.2, 0) is 5.88 Å². The predicted octanol–water partition coefficient (Wildman–Crippen LogP) is 3.91. The van der Waals surface area contributed by atoms with Gasteiger partial charge in [0, 0.05) is 5.69 Å². The number of nitrogens with zero attached hydrogens (tertiary/aromatic N) is 2. The van der Waals surface area contributed by atoms with Gasteiger partial charge in [-0.2, -0.15) is 0 Å². The first-order valence-corrected chi connectivity index (χ1v) is 6.64. The Morgan fingerprint density at radius 3 is 2.60 bits per heavy atom. The number of para-hydroxylation sites is 1. The molecule has 0 unspecified atom stereocenters. The number of ether oxygens (including phenoxy) is 1. The number of alkyl halides is 1. The molecule has 3 nitrogen and oxygen atoms in total. The van der Waals surface area contributed by atoms with E-state index < -0.39 is 0 Å². The Bertz CT molecular complexity index is 752. The Kier molecular flexibility index (Phi) is 3.32. The minimum atomic E-state index is -0.275. The van der Waals surface area contributed by atoms with Crippen molar-refractivity contribution in [2.24, 2.45) is 0 Å². The first-order valence-electron chi connectivity index (χ1n) is 6.11. The molecule has 0 aliphatic carbocycles. The molecule has 0 aliphatic rings. The van der Waals surface area contributed by atoms with Crippen LogP contribution in [0, 0.1) is 5.82 Å². The molecule has 5 heteroatoms. The molecule has 0 saturated heterocycles. The topological polar surface area (TPSA) is 27.1 Å². The molecule has 3 aromatic rings. The number of hydrogen-bond donors (Lipinski definition) is 0. The zero-order valence-corrected chi connectivity index (χ0v) is 11.6. The number of fused-ring (bicyclic) bond motifs is 1. The van der Waals surface area contributed by atoms with E-state index >= 15 is 0 Å². The monoisotopic (exact) mass is 290 g/mol. The highest BCUT2D eigenvalue weighted by Gasteiger charge is 2.14. The van der Waals surface area contributed by atoms with Crippen LogP contribution in [0.1, 0.15) is 5.82 Å². The van der Waals surface area contributed by atoms with E-state index in [1.165, 1.54) is 12.1 Å². The number of benzene rings is 2. The number of rotatable bonds is 3. The van der Waals surface area contributed by atoms with E-state index in [4.69, 9.17) is 16.3 Å². The Hall–Kier alpha value is -2.07. The van der Waals surface area contributed by atoms with Crippen LogP contribution >= 0.6 is 11.6 Å². The molecule has 1 aromatic heterocycles. The Labute approximate surface area is 120 Å². The summed E-state index contributed by atoms with van der Waals surface area (Å²) in [5.74, 6) is 1.37. The van der Waals surface area contributed by atoms with E-state index in [9.17, 15) is 4.39 Å². The van der Waals surface area contributed by atoms with E-state index in [2.05, 4.69) is 4.98 Å². The fourth-order valence-corrected chi connectivity index (χ4v) is 2.43. The first-order chi connectivity index (χ1) is 9.74. The lowest BCUT2D eigenvalue weighted by Crippen LogP contribution is -1.99. The van der Waals surface area contributed by atoms with Gasteiger partial charge in [-0.3, -0.25) is 4.57 Å². The van der Waals surface area contributed by atoms with Crippen molar-refractivity contribution in [1.29, 1.82) is 0 Å². The van der Waals surface area contributed by atoms with Gasteiger partial charge in [-0.15, -0.1) is 11.6 Å². The maximum atomic E-state index is 13.1. The lowest BCUT2D eigenvalue weighted by Gasteiger charge is -2.08. The third-order valence-electron chi connectivity index (χ3n) is 3.14. The van der Waals surface area contributed by atoms with Gasteiger partial charge < -0.3 is 4.74 Å². The van der Waals surface area contributed by atoms with Crippen molar-refractivity contribution >= 4 is 22.6 Å². The molecule has 102 valence electrons. The number of halogens is 2. The largest absolute Gasteiger partial charge is 0.494 e. The molecule has 0 saturated carbocycles. The summed E-state index contributed by atoms with van der Waals surface area (Å²) in [4.78, 5) is 4.51. The van der Waals surface area contributed by atoms with Crippen LogP contribution < -0.4 is 4.74 Å². The minimum absolute atomic E-state index is 0.259. The van der Waals surface area contributed by atoms with Crippen molar-refractivity contribution in [2.75, 3.05) is 7.11 Å². The van der Waals surface area contributed by atoms with Crippen molar-refractivity contribution in [3.8, 4) is 11.4 Å². The summed E-state index contributed by atoms with van der Waals surface area (Å²) in [5.41, 5.74) is 2.44. The van der Waals surface area contributed by atoms with Gasteiger partial charge in [0.2, 0.25) is 0 Å². The average Bonchev–Trinajstić information content (AvgIpc) is 2.86. The smallest absolute Gasteiger partial charge is 0.146 e. The minimum Gasteiger partial charge on any atom is -0.494 e. The maximum absolute atomic E-state index is 13.1. The van der Waals surface area contributed by atoms with Gasteiger partial charge in [0.1, 0.15) is 22.9 Å². The van der Waals surface area contributed by atoms with Gasteiger partial charge in [0.25, 0.3) is 0 Å². The quantitative estimate of drug-likeness (QED) is 0.684. The molecule has 1 heterocycles. The molecule has 2 aromatic carbocycles. The van der Waals surface area contributed by atoms with E-state index in [1.54, 1.807) is 19.2 Å². The van der Waals surface area contributed by atoms with E-state index in [0.717, 1.165) is 16.7 Å². The van der Waals surface area contributed by atoms with Crippen molar-refractivity contribution in [3.63, 3.8) is 0 Å². The normalized spacial score (nSPS) is 10.9. The van der Waals surface area contributed by atoms with Gasteiger partial charge in [-0.1, -0.05) is 6.07 Å². The molecule has 0 spiro atoms. The van der Waals surface area contributed by atoms with Gasteiger partial charge in [-0.05, 0) is 36.4 Å². The molecule has 0 atom stereocenters. The van der Waals surface area contributed by atoms with Gasteiger partial charge in [0.15, 0.2) is 0 Å². The zero-order valence-electron chi connectivity index (χ0n) is 10.8. The number of hydrogen-bond acceptors (Lipinski definition) is 2. The van der Waals surface area contributed by atoms with E-state index in [1.807, 2.05) is 22.8 Å². The fraction of sp³-hybridized carbons (Fsp3) is 0.133. The van der Waals surface area contributed by atoms with Crippen LogP contribution in [-0.4, -0.2) is 16.7 Å². The molecule has 0 radical (unpaired) electrons. The molecule has 3 rings (SSSR count). The van der Waals surface area contributed by atoms with Crippen LogP contribution in [0.4, 0.5) is 4.39 Å². The highest BCUT2D eigenvalue weighted by Crippen LogP contribution is 2.29. The zero-order chi connectivity index (χ0) is 14.1. The first kappa shape index (κ1) is 12.9. The molecule has 0 aliphatic heterocycles. The summed E-state index contributed by atoms with van der Waals surface area (Å²) in [6, 6.07) is 11.9. The van der Waals surface area contributed by atoms with Crippen LogP contribution in [0.15, 0.2) is 42.5 Å². The molecule has 0 amide bonds. The molecule has 0 fully saturated rings. The lowest BCUT2D eigenvalue weighted by atomic mass is 10.2. The Morgan fingerprint density at radius 2 is 1.95 bits per heavy atom. The third-order valence-corrected chi connectivity index (χ3v) is 3.38. The summed E-state index contributed by atoms with van der Waals surface area (Å²) in [5, 5.41) is 0. The van der Waals surface area contributed by atoms with Crippen molar-refractivity contribution in [3.05, 3.63) is 54.1 Å². The molecular weight excluding hydrogens is 279 g/mol. The van der Waals surface area contributed by atoms with E-state index in [0.29, 0.717) is 11.6 Å². The SMILES string of the molecule is COc1cccc2c1nc(CCl)n2-c1ccc(F)cc1. The average molecular weight is 291 g/mol. The molecular formula is C15H12ClFN2O. The Morgan fingerprint density at radius 1 is 1.20 bits per heavy atom. The lowest BCUT2D eigenvalue weighted by molar-refractivity contribution is 0.419. The third kappa shape index (κ3) is 2.02.